The number of carbonyl (C=O) groups excluding carboxylic acids is 1. The van der Waals surface area contributed by atoms with E-state index in [1.807, 2.05) is 42.6 Å². The van der Waals surface area contributed by atoms with Gasteiger partial charge in [-0.25, -0.2) is 4.98 Å². The van der Waals surface area contributed by atoms with Crippen molar-refractivity contribution in [1.82, 2.24) is 14.9 Å². The predicted octanol–water partition coefficient (Wildman–Crippen LogP) is 3.92. The first-order valence-corrected chi connectivity index (χ1v) is 11.6. The maximum atomic E-state index is 12.7. The Labute approximate surface area is 198 Å². The van der Waals surface area contributed by atoms with Crippen LogP contribution in [0.15, 0.2) is 35.7 Å². The molecule has 0 spiro atoms. The third-order valence-electron chi connectivity index (χ3n) is 5.17. The van der Waals surface area contributed by atoms with E-state index in [1.165, 1.54) is 11.3 Å². The molecule has 0 aliphatic heterocycles. The third-order valence-corrected chi connectivity index (χ3v) is 5.99. The fraction of sp³-hybridized carbons (Fsp3) is 0.417. The summed E-state index contributed by atoms with van der Waals surface area (Å²) < 4.78 is 23.4. The molecule has 0 atom stereocenters. The predicted molar refractivity (Wildman–Crippen MR) is 128 cm³/mol. The number of methoxy groups -OCH3 is 3. The van der Waals surface area contributed by atoms with Gasteiger partial charge in [0.15, 0.2) is 0 Å². The van der Waals surface area contributed by atoms with Gasteiger partial charge in [-0.15, -0.1) is 11.3 Å². The smallest absolute Gasteiger partial charge is 0.253 e. The molecule has 1 N–H and O–H groups in total. The number of aromatic nitrogens is 2. The largest absolute Gasteiger partial charge is 0.497 e. The molecule has 0 saturated heterocycles. The molecule has 3 aromatic rings. The number of carbonyl (C=O) groups is 1. The summed E-state index contributed by atoms with van der Waals surface area (Å²) in [5.74, 6) is 1.42. The lowest BCUT2D eigenvalue weighted by Crippen LogP contribution is -2.27. The Morgan fingerprint density at radius 2 is 1.82 bits per heavy atom. The van der Waals surface area contributed by atoms with Crippen LogP contribution < -0.4 is 14.8 Å². The van der Waals surface area contributed by atoms with Gasteiger partial charge in [0.1, 0.15) is 23.1 Å². The maximum Gasteiger partial charge on any atom is 0.253 e. The van der Waals surface area contributed by atoms with E-state index in [2.05, 4.69) is 9.88 Å². The highest BCUT2D eigenvalue weighted by molar-refractivity contribution is 7.09. The van der Waals surface area contributed by atoms with Gasteiger partial charge in [0.05, 0.1) is 30.7 Å². The minimum atomic E-state index is -0.116. The van der Waals surface area contributed by atoms with E-state index < -0.39 is 0 Å². The average Bonchev–Trinajstić information content (AvgIpc) is 3.43. The monoisotopic (exact) mass is 473 g/mol. The first kappa shape index (κ1) is 24.8. The fourth-order valence-corrected chi connectivity index (χ4v) is 4.12. The van der Waals surface area contributed by atoms with E-state index in [9.17, 15) is 4.79 Å². The van der Waals surface area contributed by atoms with Crippen LogP contribution in [0, 0.1) is 6.92 Å². The van der Waals surface area contributed by atoms with Gasteiger partial charge in [0, 0.05) is 45.0 Å². The van der Waals surface area contributed by atoms with Gasteiger partial charge in [0.25, 0.3) is 5.91 Å². The van der Waals surface area contributed by atoms with Crippen LogP contribution in [0.5, 0.6) is 11.5 Å². The molecule has 2 heterocycles. The van der Waals surface area contributed by atoms with Crippen molar-refractivity contribution in [3.63, 3.8) is 0 Å². The Balaban J connectivity index is 1.77. The number of hydrogen-bond donors (Lipinski definition) is 1. The number of hydrogen-bond acceptors (Lipinski definition) is 7. The van der Waals surface area contributed by atoms with Crippen molar-refractivity contribution in [2.24, 2.45) is 0 Å². The zero-order chi connectivity index (χ0) is 23.6. The fourth-order valence-electron chi connectivity index (χ4n) is 3.42. The summed E-state index contributed by atoms with van der Waals surface area (Å²) in [6.45, 7) is 4.63. The second-order valence-corrected chi connectivity index (χ2v) is 8.31. The van der Waals surface area contributed by atoms with Crippen molar-refractivity contribution in [3.8, 4) is 22.9 Å². The molecule has 0 bridgehead atoms. The van der Waals surface area contributed by atoms with E-state index in [-0.39, 0.29) is 5.91 Å². The van der Waals surface area contributed by atoms with Gasteiger partial charge in [-0.2, -0.15) is 0 Å². The molecule has 0 radical (unpaired) electrons. The van der Waals surface area contributed by atoms with Crippen molar-refractivity contribution in [2.45, 2.75) is 26.5 Å². The van der Waals surface area contributed by atoms with E-state index in [0.29, 0.717) is 31.9 Å². The van der Waals surface area contributed by atoms with E-state index in [0.717, 1.165) is 46.6 Å². The zero-order valence-electron chi connectivity index (χ0n) is 19.6. The van der Waals surface area contributed by atoms with Gasteiger partial charge in [-0.05, 0) is 43.7 Å². The van der Waals surface area contributed by atoms with Crippen molar-refractivity contribution in [3.05, 3.63) is 52.0 Å². The van der Waals surface area contributed by atoms with Crippen LogP contribution in [0.1, 0.15) is 27.5 Å². The second-order valence-electron chi connectivity index (χ2n) is 7.37. The Hall–Kier alpha value is -2.88. The number of rotatable bonds is 13. The summed E-state index contributed by atoms with van der Waals surface area (Å²) in [5, 5.41) is 5.76. The highest BCUT2D eigenvalue weighted by atomic mass is 32.1. The topological polar surface area (TPSA) is 83.8 Å². The number of benzene rings is 1. The molecule has 1 aromatic carbocycles. The highest BCUT2D eigenvalue weighted by Crippen LogP contribution is 2.28. The number of nitrogens with zero attached hydrogens (tertiary/aromatic N) is 2. The van der Waals surface area contributed by atoms with E-state index in [4.69, 9.17) is 23.9 Å². The standard InChI is InChI=1S/C24H31N3O5S/c1-17-20(24(28)25-10-13-30-3)14-22(27(17)11-5-12-29-2)21-16-33-23(26-21)15-32-19-8-6-18(31-4)7-9-19/h6-9,14,16H,5,10-13,15H2,1-4H3,(H,25,28). The van der Waals surface area contributed by atoms with Crippen molar-refractivity contribution in [2.75, 3.05) is 41.1 Å². The average molecular weight is 474 g/mol. The van der Waals surface area contributed by atoms with Crippen LogP contribution in [0.4, 0.5) is 0 Å². The number of nitrogens with one attached hydrogen (secondary N) is 1. The van der Waals surface area contributed by atoms with Crippen LogP contribution in [0.2, 0.25) is 0 Å². The molecule has 0 fully saturated rings. The van der Waals surface area contributed by atoms with Crippen LogP contribution in [0.25, 0.3) is 11.4 Å². The molecule has 3 rings (SSSR count). The van der Waals surface area contributed by atoms with Crippen LogP contribution in [-0.4, -0.2) is 56.5 Å². The lowest BCUT2D eigenvalue weighted by atomic mass is 10.2. The molecular weight excluding hydrogens is 442 g/mol. The van der Waals surface area contributed by atoms with Gasteiger partial charge < -0.3 is 28.8 Å². The Morgan fingerprint density at radius 1 is 1.09 bits per heavy atom. The lowest BCUT2D eigenvalue weighted by molar-refractivity contribution is 0.0936. The van der Waals surface area contributed by atoms with Crippen molar-refractivity contribution < 1.29 is 23.7 Å². The van der Waals surface area contributed by atoms with E-state index >= 15 is 0 Å². The molecular formula is C24H31N3O5S. The second kappa shape index (κ2) is 12.4. The molecule has 8 nitrogen and oxygen atoms in total. The molecule has 0 unspecified atom stereocenters. The Bertz CT molecular complexity index is 1030. The van der Waals surface area contributed by atoms with Crippen LogP contribution in [0.3, 0.4) is 0 Å². The number of thiazole rings is 1. The summed E-state index contributed by atoms with van der Waals surface area (Å²) >= 11 is 1.53. The zero-order valence-corrected chi connectivity index (χ0v) is 20.4. The molecule has 1 amide bonds. The molecule has 2 aromatic heterocycles. The van der Waals surface area contributed by atoms with Gasteiger partial charge in [0.2, 0.25) is 0 Å². The first-order valence-electron chi connectivity index (χ1n) is 10.7. The number of ether oxygens (including phenoxy) is 4. The van der Waals surface area contributed by atoms with E-state index in [1.54, 1.807) is 21.3 Å². The molecule has 0 aliphatic carbocycles. The minimum Gasteiger partial charge on any atom is -0.497 e. The summed E-state index contributed by atoms with van der Waals surface area (Å²) in [6, 6.07) is 9.36. The first-order chi connectivity index (χ1) is 16.1. The maximum absolute atomic E-state index is 12.7. The van der Waals surface area contributed by atoms with Gasteiger partial charge in [-0.1, -0.05) is 0 Å². The Morgan fingerprint density at radius 3 is 2.52 bits per heavy atom. The highest BCUT2D eigenvalue weighted by Gasteiger charge is 2.20. The van der Waals surface area contributed by atoms with Crippen LogP contribution in [-0.2, 0) is 22.6 Å². The summed E-state index contributed by atoms with van der Waals surface area (Å²) in [4.78, 5) is 17.5. The number of amides is 1. The van der Waals surface area contributed by atoms with Crippen LogP contribution >= 0.6 is 11.3 Å². The molecule has 178 valence electrons. The third kappa shape index (κ3) is 6.56. The SMILES string of the molecule is COCCCn1c(-c2csc(COc3ccc(OC)cc3)n2)cc(C(=O)NCCOC)c1C. The lowest BCUT2D eigenvalue weighted by Gasteiger charge is -2.11. The molecule has 33 heavy (non-hydrogen) atoms. The summed E-state index contributed by atoms with van der Waals surface area (Å²) in [7, 11) is 4.93. The molecule has 0 aliphatic rings. The molecule has 0 saturated carbocycles. The van der Waals surface area contributed by atoms with Gasteiger partial charge >= 0.3 is 0 Å². The Kier molecular flexibility index (Phi) is 9.29. The minimum absolute atomic E-state index is 0.116. The summed E-state index contributed by atoms with van der Waals surface area (Å²) in [6.07, 6.45) is 0.835. The van der Waals surface area contributed by atoms with Gasteiger partial charge in [-0.3, -0.25) is 4.79 Å². The quantitative estimate of drug-likeness (QED) is 0.379. The molecule has 9 heteroatoms. The normalized spacial score (nSPS) is 10.9. The van der Waals surface area contributed by atoms with Crippen molar-refractivity contribution in [1.29, 1.82) is 0 Å². The summed E-state index contributed by atoms with van der Waals surface area (Å²) in [5.41, 5.74) is 3.28. The van der Waals surface area contributed by atoms with Crippen molar-refractivity contribution >= 4 is 17.2 Å².